The summed E-state index contributed by atoms with van der Waals surface area (Å²) in [5.41, 5.74) is 1.97. The minimum Gasteiger partial charge on any atom is -0.299 e. The van der Waals surface area contributed by atoms with Gasteiger partial charge < -0.3 is 0 Å². The zero-order valence-electron chi connectivity index (χ0n) is 16.0. The van der Waals surface area contributed by atoms with E-state index in [-0.39, 0.29) is 23.0 Å². The Morgan fingerprint density at radius 1 is 1.18 bits per heavy atom. The molecule has 2 heterocycles. The van der Waals surface area contributed by atoms with Crippen LogP contribution in [0.5, 0.6) is 0 Å². The predicted octanol–water partition coefficient (Wildman–Crippen LogP) is 1.87. The van der Waals surface area contributed by atoms with Crippen molar-refractivity contribution < 1.29 is 13.2 Å². The average molecular weight is 399 g/mol. The first-order valence-corrected chi connectivity index (χ1v) is 10.5. The van der Waals surface area contributed by atoms with Crippen LogP contribution in [0.2, 0.25) is 0 Å². The Balaban J connectivity index is 1.77. The Kier molecular flexibility index (Phi) is 4.51. The maximum atomic E-state index is 12.3. The first kappa shape index (κ1) is 18.7. The Morgan fingerprint density at radius 3 is 2.46 bits per heavy atom. The van der Waals surface area contributed by atoms with Gasteiger partial charge in [0.2, 0.25) is 10.0 Å². The molecule has 0 saturated heterocycles. The van der Waals surface area contributed by atoms with Crippen LogP contribution in [0.4, 0.5) is 0 Å². The van der Waals surface area contributed by atoms with Gasteiger partial charge in [0.15, 0.2) is 11.5 Å². The predicted molar refractivity (Wildman–Crippen MR) is 103 cm³/mol. The lowest BCUT2D eigenvalue weighted by Crippen LogP contribution is -2.22. The first-order valence-electron chi connectivity index (χ1n) is 9.04. The molecule has 3 aromatic rings. The quantitative estimate of drug-likeness (QED) is 0.628. The van der Waals surface area contributed by atoms with Crippen LogP contribution in [0.25, 0.3) is 17.0 Å². The number of fused-ring (bicyclic) bond motifs is 1. The number of sulfonamides is 1. The number of nitrogens with zero attached hydrogens (tertiary/aromatic N) is 5. The third-order valence-electron chi connectivity index (χ3n) is 4.76. The Labute approximate surface area is 163 Å². The topological polar surface area (TPSA) is 97.5 Å². The standard InChI is InChI=1S/C19H21N5O3S/c1-12-20-18-11-15(10-17(25)13-4-5-13)21-19(24(18)22-12)14-6-8-16(9-7-14)28(26,27)23(2)3/h6-9,11,13H,4-5,10H2,1-3H3. The zero-order chi connectivity index (χ0) is 20.1. The van der Waals surface area contributed by atoms with Crippen LogP contribution in [0.15, 0.2) is 35.2 Å². The van der Waals surface area contributed by atoms with Gasteiger partial charge in [-0.3, -0.25) is 4.79 Å². The lowest BCUT2D eigenvalue weighted by molar-refractivity contribution is -0.119. The number of aryl methyl sites for hydroxylation is 1. The van der Waals surface area contributed by atoms with Gasteiger partial charge in [-0.25, -0.2) is 22.7 Å². The van der Waals surface area contributed by atoms with Gasteiger partial charge in [0, 0.05) is 38.1 Å². The molecule has 1 aliphatic carbocycles. The van der Waals surface area contributed by atoms with Crippen molar-refractivity contribution in [1.29, 1.82) is 0 Å². The summed E-state index contributed by atoms with van der Waals surface area (Å²) in [4.78, 5) is 21.5. The van der Waals surface area contributed by atoms with Crippen LogP contribution < -0.4 is 0 Å². The molecule has 146 valence electrons. The molecule has 0 unspecified atom stereocenters. The van der Waals surface area contributed by atoms with E-state index >= 15 is 0 Å². The number of carbonyl (C=O) groups is 1. The molecule has 4 rings (SSSR count). The van der Waals surface area contributed by atoms with Gasteiger partial charge in [-0.1, -0.05) is 0 Å². The van der Waals surface area contributed by atoms with Crippen molar-refractivity contribution in [3.05, 3.63) is 41.9 Å². The smallest absolute Gasteiger partial charge is 0.242 e. The van der Waals surface area contributed by atoms with Crippen LogP contribution in [0.3, 0.4) is 0 Å². The number of Topliss-reactive ketones (excluding diaryl/α,β-unsaturated/α-hetero) is 1. The van der Waals surface area contributed by atoms with Crippen LogP contribution in [-0.4, -0.2) is 52.2 Å². The van der Waals surface area contributed by atoms with Crippen molar-refractivity contribution in [2.75, 3.05) is 14.1 Å². The number of benzene rings is 1. The van der Waals surface area contributed by atoms with Gasteiger partial charge in [0.05, 0.1) is 10.6 Å². The molecular formula is C19H21N5O3S. The fourth-order valence-corrected chi connectivity index (χ4v) is 3.94. The molecule has 1 fully saturated rings. The lowest BCUT2D eigenvalue weighted by Gasteiger charge is -2.12. The molecule has 28 heavy (non-hydrogen) atoms. The maximum Gasteiger partial charge on any atom is 0.242 e. The SMILES string of the molecule is Cc1nc2cc(CC(=O)C3CC3)nc(-c3ccc(S(=O)(=O)N(C)C)cc3)n2n1. The van der Waals surface area contributed by atoms with Crippen LogP contribution >= 0.6 is 0 Å². The molecule has 2 aromatic heterocycles. The molecule has 1 aromatic carbocycles. The summed E-state index contributed by atoms with van der Waals surface area (Å²) in [5, 5.41) is 4.39. The molecule has 0 atom stereocenters. The van der Waals surface area contributed by atoms with E-state index in [4.69, 9.17) is 0 Å². The summed E-state index contributed by atoms with van der Waals surface area (Å²) in [5.74, 6) is 1.49. The average Bonchev–Trinajstić information content (AvgIpc) is 3.43. The Hall–Kier alpha value is -2.65. The highest BCUT2D eigenvalue weighted by atomic mass is 32.2. The van der Waals surface area contributed by atoms with E-state index in [1.165, 1.54) is 18.4 Å². The van der Waals surface area contributed by atoms with Gasteiger partial charge in [0.25, 0.3) is 0 Å². The van der Waals surface area contributed by atoms with E-state index in [2.05, 4.69) is 15.1 Å². The van der Waals surface area contributed by atoms with Crippen molar-refractivity contribution in [3.63, 3.8) is 0 Å². The molecule has 0 radical (unpaired) electrons. The molecule has 0 N–H and O–H groups in total. The molecule has 0 spiro atoms. The number of aromatic nitrogens is 4. The van der Waals surface area contributed by atoms with Gasteiger partial charge in [-0.2, -0.15) is 4.52 Å². The number of ketones is 1. The van der Waals surface area contributed by atoms with E-state index in [1.807, 2.05) is 0 Å². The number of hydrogen-bond donors (Lipinski definition) is 0. The van der Waals surface area contributed by atoms with Crippen molar-refractivity contribution in [1.82, 2.24) is 23.9 Å². The first-order chi connectivity index (χ1) is 13.3. The summed E-state index contributed by atoms with van der Waals surface area (Å²) in [6, 6.07) is 8.27. The van der Waals surface area contributed by atoms with Crippen LogP contribution in [0.1, 0.15) is 24.4 Å². The summed E-state index contributed by atoms with van der Waals surface area (Å²) in [6.45, 7) is 1.79. The summed E-state index contributed by atoms with van der Waals surface area (Å²) < 4.78 is 27.4. The fourth-order valence-electron chi connectivity index (χ4n) is 3.04. The molecular weight excluding hydrogens is 378 g/mol. The largest absolute Gasteiger partial charge is 0.299 e. The second-order valence-corrected chi connectivity index (χ2v) is 9.38. The van der Waals surface area contributed by atoms with Gasteiger partial charge >= 0.3 is 0 Å². The van der Waals surface area contributed by atoms with Crippen LogP contribution in [0, 0.1) is 12.8 Å². The van der Waals surface area contributed by atoms with E-state index in [0.717, 1.165) is 12.8 Å². The second kappa shape index (κ2) is 6.75. The maximum absolute atomic E-state index is 12.3. The molecule has 0 bridgehead atoms. The number of hydrogen-bond acceptors (Lipinski definition) is 6. The lowest BCUT2D eigenvalue weighted by atomic mass is 10.1. The summed E-state index contributed by atoms with van der Waals surface area (Å²) in [7, 11) is -0.522. The number of carbonyl (C=O) groups excluding carboxylic acids is 1. The van der Waals surface area contributed by atoms with Crippen molar-refractivity contribution >= 4 is 21.5 Å². The van der Waals surface area contributed by atoms with Gasteiger partial charge in [-0.05, 0) is 44.0 Å². The minimum absolute atomic E-state index is 0.164. The molecule has 0 aliphatic heterocycles. The molecule has 1 saturated carbocycles. The monoisotopic (exact) mass is 399 g/mol. The van der Waals surface area contributed by atoms with Gasteiger partial charge in [-0.15, -0.1) is 5.10 Å². The number of rotatable bonds is 6. The summed E-state index contributed by atoms with van der Waals surface area (Å²) >= 11 is 0. The Bertz CT molecular complexity index is 1160. The minimum atomic E-state index is -3.51. The van der Waals surface area contributed by atoms with Crippen LogP contribution in [-0.2, 0) is 21.2 Å². The van der Waals surface area contributed by atoms with Gasteiger partial charge in [0.1, 0.15) is 11.6 Å². The van der Waals surface area contributed by atoms with E-state index in [0.29, 0.717) is 28.6 Å². The third kappa shape index (κ3) is 3.43. The molecule has 9 heteroatoms. The zero-order valence-corrected chi connectivity index (χ0v) is 16.8. The van der Waals surface area contributed by atoms with E-state index in [9.17, 15) is 13.2 Å². The van der Waals surface area contributed by atoms with Crippen molar-refractivity contribution in [2.24, 2.45) is 5.92 Å². The van der Waals surface area contributed by atoms with Crippen molar-refractivity contribution in [2.45, 2.75) is 31.1 Å². The molecule has 0 amide bonds. The van der Waals surface area contributed by atoms with E-state index < -0.39 is 10.0 Å². The highest BCUT2D eigenvalue weighted by Gasteiger charge is 2.29. The van der Waals surface area contributed by atoms with E-state index in [1.54, 1.807) is 41.8 Å². The fraction of sp³-hybridized carbons (Fsp3) is 0.368. The molecule has 1 aliphatic rings. The van der Waals surface area contributed by atoms with Crippen molar-refractivity contribution in [3.8, 4) is 11.4 Å². The normalized spacial score (nSPS) is 14.7. The Morgan fingerprint density at radius 2 is 1.86 bits per heavy atom. The second-order valence-electron chi connectivity index (χ2n) is 7.23. The highest BCUT2D eigenvalue weighted by Crippen LogP contribution is 2.31. The third-order valence-corrected chi connectivity index (χ3v) is 6.59. The molecule has 8 nitrogen and oxygen atoms in total. The summed E-state index contributed by atoms with van der Waals surface area (Å²) in [6.07, 6.45) is 2.19. The highest BCUT2D eigenvalue weighted by molar-refractivity contribution is 7.89.